The zero-order valence-electron chi connectivity index (χ0n) is 11.0. The van der Waals surface area contributed by atoms with Crippen LogP contribution in [0.3, 0.4) is 0 Å². The number of aromatic amines is 1. The SMILES string of the molecule is COCC(CO)NC(=O)c1c(SC)nc(=O)[nH]c1C. The van der Waals surface area contributed by atoms with Gasteiger partial charge in [0.1, 0.15) is 5.03 Å². The van der Waals surface area contributed by atoms with Gasteiger partial charge >= 0.3 is 5.69 Å². The van der Waals surface area contributed by atoms with Crippen LogP contribution < -0.4 is 11.0 Å². The van der Waals surface area contributed by atoms with Crippen LogP contribution in [0.15, 0.2) is 9.82 Å². The molecule has 0 aromatic carbocycles. The molecule has 1 amide bonds. The Morgan fingerprint density at radius 2 is 2.32 bits per heavy atom. The van der Waals surface area contributed by atoms with Gasteiger partial charge in [0.15, 0.2) is 0 Å². The number of aliphatic hydroxyl groups is 1. The lowest BCUT2D eigenvalue weighted by Gasteiger charge is -2.16. The average Bonchev–Trinajstić information content (AvgIpc) is 2.36. The summed E-state index contributed by atoms with van der Waals surface area (Å²) in [5.74, 6) is -0.401. The topological polar surface area (TPSA) is 104 Å². The molecule has 1 rings (SSSR count). The van der Waals surface area contributed by atoms with Crippen LogP contribution in [0.5, 0.6) is 0 Å². The van der Waals surface area contributed by atoms with Gasteiger partial charge in [-0.2, -0.15) is 4.98 Å². The monoisotopic (exact) mass is 287 g/mol. The number of nitrogens with zero attached hydrogens (tertiary/aromatic N) is 1. The smallest absolute Gasteiger partial charge is 0.346 e. The van der Waals surface area contributed by atoms with E-state index in [1.54, 1.807) is 13.2 Å². The van der Waals surface area contributed by atoms with Crippen molar-refractivity contribution in [1.29, 1.82) is 0 Å². The first-order valence-corrected chi connectivity index (χ1v) is 6.81. The van der Waals surface area contributed by atoms with Gasteiger partial charge in [-0.25, -0.2) is 4.79 Å². The Morgan fingerprint density at radius 3 is 2.84 bits per heavy atom. The molecule has 0 bridgehead atoms. The maximum Gasteiger partial charge on any atom is 0.346 e. The molecule has 0 saturated heterocycles. The molecule has 0 spiro atoms. The lowest BCUT2D eigenvalue weighted by molar-refractivity contribution is 0.0835. The lowest BCUT2D eigenvalue weighted by Crippen LogP contribution is -2.41. The number of hydrogen-bond acceptors (Lipinski definition) is 6. The van der Waals surface area contributed by atoms with Crippen molar-refractivity contribution in [3.05, 3.63) is 21.7 Å². The van der Waals surface area contributed by atoms with E-state index in [1.807, 2.05) is 0 Å². The molecule has 1 heterocycles. The zero-order valence-corrected chi connectivity index (χ0v) is 11.8. The number of hydrogen-bond donors (Lipinski definition) is 3. The molecule has 0 aliphatic heterocycles. The minimum atomic E-state index is -0.501. The molecule has 0 fully saturated rings. The number of methoxy groups -OCH3 is 1. The molecule has 1 aromatic heterocycles. The summed E-state index contributed by atoms with van der Waals surface area (Å²) < 4.78 is 4.88. The number of carbonyl (C=O) groups excluding carboxylic acids is 1. The zero-order chi connectivity index (χ0) is 14.4. The summed E-state index contributed by atoms with van der Waals surface area (Å²) in [5.41, 5.74) is 0.256. The van der Waals surface area contributed by atoms with Crippen LogP contribution in [-0.2, 0) is 4.74 Å². The van der Waals surface area contributed by atoms with Gasteiger partial charge in [-0.3, -0.25) is 4.79 Å². The molecule has 0 aliphatic carbocycles. The van der Waals surface area contributed by atoms with Gasteiger partial charge in [-0.05, 0) is 13.2 Å². The summed E-state index contributed by atoms with van der Waals surface area (Å²) in [5, 5.41) is 12.1. The molecule has 7 nitrogen and oxygen atoms in total. The third kappa shape index (κ3) is 4.05. The third-order valence-electron chi connectivity index (χ3n) is 2.43. The van der Waals surface area contributed by atoms with Gasteiger partial charge < -0.3 is 20.1 Å². The summed E-state index contributed by atoms with van der Waals surface area (Å²) >= 11 is 1.21. The van der Waals surface area contributed by atoms with Crippen LogP contribution in [-0.4, -0.2) is 53.6 Å². The third-order valence-corrected chi connectivity index (χ3v) is 3.11. The number of carbonyl (C=O) groups is 1. The van der Waals surface area contributed by atoms with Crippen LogP contribution in [0.2, 0.25) is 0 Å². The van der Waals surface area contributed by atoms with Crippen molar-refractivity contribution in [2.24, 2.45) is 0 Å². The van der Waals surface area contributed by atoms with E-state index in [2.05, 4.69) is 15.3 Å². The molecule has 19 heavy (non-hydrogen) atoms. The Bertz CT molecular complexity index is 503. The molecule has 3 N–H and O–H groups in total. The highest BCUT2D eigenvalue weighted by Gasteiger charge is 2.19. The Balaban J connectivity index is 3.02. The predicted octanol–water partition coefficient (Wildman–Crippen LogP) is -0.463. The van der Waals surface area contributed by atoms with Gasteiger partial charge in [0.05, 0.1) is 24.8 Å². The van der Waals surface area contributed by atoms with Gasteiger partial charge in [0.25, 0.3) is 5.91 Å². The molecular weight excluding hydrogens is 270 g/mol. The standard InChI is InChI=1S/C11H17N3O4S/c1-6-8(10(19-3)14-11(17)12-6)9(16)13-7(4-15)5-18-2/h7,15H,4-5H2,1-3H3,(H,13,16)(H,12,14,17). The first-order valence-electron chi connectivity index (χ1n) is 5.59. The highest BCUT2D eigenvalue weighted by molar-refractivity contribution is 7.98. The van der Waals surface area contributed by atoms with Crippen LogP contribution in [0.1, 0.15) is 16.1 Å². The minimum Gasteiger partial charge on any atom is -0.394 e. The quantitative estimate of drug-likeness (QED) is 0.483. The number of amides is 1. The molecule has 1 unspecified atom stereocenters. The van der Waals surface area contributed by atoms with Gasteiger partial charge in [0, 0.05) is 12.8 Å². The van der Waals surface area contributed by atoms with E-state index in [0.29, 0.717) is 16.3 Å². The molecule has 106 valence electrons. The largest absolute Gasteiger partial charge is 0.394 e. The summed E-state index contributed by atoms with van der Waals surface area (Å²) in [6.45, 7) is 1.60. The summed E-state index contributed by atoms with van der Waals surface area (Å²) in [6.07, 6.45) is 1.73. The van der Waals surface area contributed by atoms with Crippen LogP contribution in [0, 0.1) is 6.92 Å². The predicted molar refractivity (Wildman–Crippen MR) is 71.6 cm³/mol. The second-order valence-electron chi connectivity index (χ2n) is 3.86. The van der Waals surface area contributed by atoms with Gasteiger partial charge in [-0.15, -0.1) is 11.8 Å². The van der Waals surface area contributed by atoms with Crippen molar-refractivity contribution in [1.82, 2.24) is 15.3 Å². The Labute approximate surface area is 114 Å². The average molecular weight is 287 g/mol. The maximum absolute atomic E-state index is 12.1. The fraction of sp³-hybridized carbons (Fsp3) is 0.545. The first-order chi connectivity index (χ1) is 9.03. The van der Waals surface area contributed by atoms with Crippen molar-refractivity contribution in [2.75, 3.05) is 26.6 Å². The van der Waals surface area contributed by atoms with Crippen LogP contribution >= 0.6 is 11.8 Å². The van der Waals surface area contributed by atoms with Crippen molar-refractivity contribution < 1.29 is 14.6 Å². The number of aryl methyl sites for hydroxylation is 1. The Kier molecular flexibility index (Phi) is 6.00. The van der Waals surface area contributed by atoms with Crippen LogP contribution in [0.25, 0.3) is 0 Å². The second-order valence-corrected chi connectivity index (χ2v) is 4.65. The number of rotatable bonds is 6. The van der Waals surface area contributed by atoms with E-state index >= 15 is 0 Å². The van der Waals surface area contributed by atoms with E-state index in [4.69, 9.17) is 9.84 Å². The van der Waals surface area contributed by atoms with E-state index in [-0.39, 0.29) is 13.2 Å². The molecule has 1 aromatic rings. The molecule has 8 heteroatoms. The number of ether oxygens (including phenoxy) is 1. The lowest BCUT2D eigenvalue weighted by atomic mass is 10.2. The molecule has 1 atom stereocenters. The fourth-order valence-electron chi connectivity index (χ4n) is 1.57. The summed E-state index contributed by atoms with van der Waals surface area (Å²) in [7, 11) is 1.48. The first kappa shape index (κ1) is 15.7. The summed E-state index contributed by atoms with van der Waals surface area (Å²) in [6, 6.07) is -0.501. The van der Waals surface area contributed by atoms with Crippen molar-refractivity contribution in [3.8, 4) is 0 Å². The highest BCUT2D eigenvalue weighted by Crippen LogP contribution is 2.17. The fourth-order valence-corrected chi connectivity index (χ4v) is 2.20. The van der Waals surface area contributed by atoms with E-state index in [9.17, 15) is 9.59 Å². The normalized spacial score (nSPS) is 12.2. The molecule has 0 saturated carbocycles. The van der Waals surface area contributed by atoms with Gasteiger partial charge in [0.2, 0.25) is 0 Å². The highest BCUT2D eigenvalue weighted by atomic mass is 32.2. The number of aliphatic hydroxyl groups excluding tert-OH is 1. The van der Waals surface area contributed by atoms with E-state index in [0.717, 1.165) is 0 Å². The second kappa shape index (κ2) is 7.27. The van der Waals surface area contributed by atoms with Crippen LogP contribution in [0.4, 0.5) is 0 Å². The number of nitrogens with one attached hydrogen (secondary N) is 2. The van der Waals surface area contributed by atoms with E-state index in [1.165, 1.54) is 18.9 Å². The molecule has 0 radical (unpaired) electrons. The Morgan fingerprint density at radius 1 is 1.63 bits per heavy atom. The number of H-pyrrole nitrogens is 1. The maximum atomic E-state index is 12.1. The number of thioether (sulfide) groups is 1. The van der Waals surface area contributed by atoms with Crippen molar-refractivity contribution >= 4 is 17.7 Å². The molecular formula is C11H17N3O4S. The van der Waals surface area contributed by atoms with Crippen molar-refractivity contribution in [2.45, 2.75) is 18.0 Å². The molecule has 0 aliphatic rings. The minimum absolute atomic E-state index is 0.201. The van der Waals surface area contributed by atoms with Crippen molar-refractivity contribution in [3.63, 3.8) is 0 Å². The number of aromatic nitrogens is 2. The van der Waals surface area contributed by atoms with E-state index < -0.39 is 17.6 Å². The van der Waals surface area contributed by atoms with Gasteiger partial charge in [-0.1, -0.05) is 0 Å². The summed E-state index contributed by atoms with van der Waals surface area (Å²) in [4.78, 5) is 29.6. The Hall–Kier alpha value is -1.38.